The van der Waals surface area contributed by atoms with Gasteiger partial charge in [0.1, 0.15) is 12.4 Å². The number of hydrogen-bond donors (Lipinski definition) is 1. The lowest BCUT2D eigenvalue weighted by atomic mass is 10.2. The van der Waals surface area contributed by atoms with Crippen molar-refractivity contribution in [1.29, 1.82) is 0 Å². The van der Waals surface area contributed by atoms with Crippen LogP contribution in [-0.2, 0) is 19.6 Å². The average molecular weight is 411 g/mol. The zero-order valence-corrected chi connectivity index (χ0v) is 17.5. The molecule has 0 radical (unpaired) electrons. The van der Waals surface area contributed by atoms with Crippen molar-refractivity contribution in [3.05, 3.63) is 18.2 Å². The molecule has 1 saturated heterocycles. The minimum atomic E-state index is -3.59. The van der Waals surface area contributed by atoms with Gasteiger partial charge in [0.05, 0.1) is 23.3 Å². The molecule has 1 amide bonds. The Bertz CT molecular complexity index is 784. The van der Waals surface area contributed by atoms with E-state index >= 15 is 0 Å². The molecule has 156 valence electrons. The molecule has 1 N–H and O–H groups in total. The van der Waals surface area contributed by atoms with Crippen molar-refractivity contribution in [3.63, 3.8) is 0 Å². The van der Waals surface area contributed by atoms with E-state index in [4.69, 9.17) is 9.47 Å². The molecule has 1 saturated carbocycles. The molecule has 0 aromatic heterocycles. The van der Waals surface area contributed by atoms with Gasteiger partial charge in [-0.3, -0.25) is 4.79 Å². The van der Waals surface area contributed by atoms with Gasteiger partial charge in [0.15, 0.2) is 0 Å². The van der Waals surface area contributed by atoms with E-state index in [1.807, 2.05) is 13.8 Å². The van der Waals surface area contributed by atoms with Gasteiger partial charge >= 0.3 is 0 Å². The van der Waals surface area contributed by atoms with Crippen LogP contribution in [0.25, 0.3) is 0 Å². The first-order chi connectivity index (χ1) is 13.4. The summed E-state index contributed by atoms with van der Waals surface area (Å²) in [5.74, 6) is 0.704. The van der Waals surface area contributed by atoms with Crippen LogP contribution in [0, 0.1) is 5.92 Å². The van der Waals surface area contributed by atoms with Gasteiger partial charge in [-0.15, -0.1) is 0 Å². The first-order valence-electron chi connectivity index (χ1n) is 10.0. The molecular weight excluding hydrogens is 380 g/mol. The zero-order chi connectivity index (χ0) is 20.1. The van der Waals surface area contributed by atoms with Gasteiger partial charge < -0.3 is 14.8 Å². The van der Waals surface area contributed by atoms with Crippen molar-refractivity contribution in [2.75, 3.05) is 31.6 Å². The number of carbonyl (C=O) groups excluding carboxylic acids is 1. The Labute approximate surface area is 167 Å². The van der Waals surface area contributed by atoms with Crippen molar-refractivity contribution in [2.45, 2.75) is 57.0 Å². The largest absolute Gasteiger partial charge is 0.489 e. The summed E-state index contributed by atoms with van der Waals surface area (Å²) in [4.78, 5) is 12.4. The summed E-state index contributed by atoms with van der Waals surface area (Å²) in [6, 6.07) is 4.64. The Kier molecular flexibility index (Phi) is 6.95. The summed E-state index contributed by atoms with van der Waals surface area (Å²) in [5, 5.41) is 2.75. The minimum Gasteiger partial charge on any atom is -0.489 e. The third-order valence-corrected chi connectivity index (χ3v) is 6.72. The highest BCUT2D eigenvalue weighted by molar-refractivity contribution is 7.89. The summed E-state index contributed by atoms with van der Waals surface area (Å²) in [6.45, 7) is 5.35. The number of nitrogens with zero attached hydrogens (tertiary/aromatic N) is 1. The molecule has 28 heavy (non-hydrogen) atoms. The second kappa shape index (κ2) is 9.24. The van der Waals surface area contributed by atoms with Crippen LogP contribution in [0.2, 0.25) is 0 Å². The van der Waals surface area contributed by atoms with Gasteiger partial charge in [0, 0.05) is 13.1 Å². The highest BCUT2D eigenvalue weighted by atomic mass is 32.2. The van der Waals surface area contributed by atoms with Crippen LogP contribution in [0.15, 0.2) is 23.1 Å². The van der Waals surface area contributed by atoms with E-state index in [0.29, 0.717) is 37.1 Å². The first-order valence-corrected chi connectivity index (χ1v) is 11.5. The third-order valence-electron chi connectivity index (χ3n) is 4.82. The quantitative estimate of drug-likeness (QED) is 0.676. The molecule has 0 unspecified atom stereocenters. The smallest absolute Gasteiger partial charge is 0.250 e. The van der Waals surface area contributed by atoms with Crippen LogP contribution in [0.4, 0.5) is 5.69 Å². The Morgan fingerprint density at radius 3 is 2.57 bits per heavy atom. The highest BCUT2D eigenvalue weighted by Crippen LogP contribution is 2.31. The number of carbonyl (C=O) groups is 1. The Balaban J connectivity index is 1.76. The van der Waals surface area contributed by atoms with Crippen molar-refractivity contribution in [1.82, 2.24) is 4.31 Å². The number of anilines is 1. The van der Waals surface area contributed by atoms with Gasteiger partial charge in [-0.2, -0.15) is 4.31 Å². The Hall–Kier alpha value is -1.64. The van der Waals surface area contributed by atoms with Crippen molar-refractivity contribution in [3.8, 4) is 5.75 Å². The SMILES string of the molecule is CC(C)Oc1ccc(S(=O)(=O)N2CCCCC2)cc1NC(=O)COCC1CC1. The Morgan fingerprint density at radius 1 is 1.21 bits per heavy atom. The number of hydrogen-bond acceptors (Lipinski definition) is 5. The van der Waals surface area contributed by atoms with E-state index < -0.39 is 10.0 Å². The third kappa shape index (κ3) is 5.68. The number of piperidine rings is 1. The van der Waals surface area contributed by atoms with Gasteiger partial charge in [0.25, 0.3) is 0 Å². The molecule has 3 rings (SSSR count). The molecule has 0 bridgehead atoms. The topological polar surface area (TPSA) is 84.9 Å². The summed E-state index contributed by atoms with van der Waals surface area (Å²) in [7, 11) is -3.59. The van der Waals surface area contributed by atoms with Crippen molar-refractivity contribution >= 4 is 21.6 Å². The molecule has 1 heterocycles. The molecule has 1 aromatic rings. The van der Waals surface area contributed by atoms with E-state index in [0.717, 1.165) is 32.1 Å². The number of ether oxygens (including phenoxy) is 2. The number of rotatable bonds is 9. The monoisotopic (exact) mass is 410 g/mol. The summed E-state index contributed by atoms with van der Waals surface area (Å²) >= 11 is 0. The highest BCUT2D eigenvalue weighted by Gasteiger charge is 2.27. The van der Waals surface area contributed by atoms with Crippen molar-refractivity contribution in [2.24, 2.45) is 5.92 Å². The number of benzene rings is 1. The lowest BCUT2D eigenvalue weighted by Crippen LogP contribution is -2.35. The average Bonchev–Trinajstić information content (AvgIpc) is 3.48. The van der Waals surface area contributed by atoms with Crippen LogP contribution >= 0.6 is 0 Å². The Morgan fingerprint density at radius 2 is 1.93 bits per heavy atom. The van der Waals surface area contributed by atoms with E-state index in [1.165, 1.54) is 10.4 Å². The molecule has 0 atom stereocenters. The molecule has 1 aliphatic heterocycles. The van der Waals surface area contributed by atoms with E-state index in [9.17, 15) is 13.2 Å². The van der Waals surface area contributed by atoms with Crippen molar-refractivity contribution < 1.29 is 22.7 Å². The van der Waals surface area contributed by atoms with Gasteiger partial charge in [-0.25, -0.2) is 8.42 Å². The molecule has 2 fully saturated rings. The standard InChI is InChI=1S/C20H30N2O5S/c1-15(2)27-19-9-8-17(28(24,25)22-10-4-3-5-11-22)12-18(19)21-20(23)14-26-13-16-6-7-16/h8-9,12,15-16H,3-7,10-11,13-14H2,1-2H3,(H,21,23). The maximum atomic E-state index is 13.0. The van der Waals surface area contributed by atoms with E-state index in [2.05, 4.69) is 5.32 Å². The van der Waals surface area contributed by atoms with Gasteiger partial charge in [-0.05, 0) is 63.6 Å². The van der Waals surface area contributed by atoms with E-state index in [1.54, 1.807) is 12.1 Å². The summed E-state index contributed by atoms with van der Waals surface area (Å²) in [6.07, 6.45) is 5.00. The lowest BCUT2D eigenvalue weighted by Gasteiger charge is -2.26. The number of amides is 1. The molecule has 1 aromatic carbocycles. The minimum absolute atomic E-state index is 0.0548. The second-order valence-corrected chi connectivity index (χ2v) is 9.73. The first kappa shape index (κ1) is 21.1. The summed E-state index contributed by atoms with van der Waals surface area (Å²) in [5.41, 5.74) is 0.354. The zero-order valence-electron chi connectivity index (χ0n) is 16.6. The van der Waals surface area contributed by atoms with Crippen LogP contribution in [-0.4, -0.2) is 51.0 Å². The maximum Gasteiger partial charge on any atom is 0.250 e. The fraction of sp³-hybridized carbons (Fsp3) is 0.650. The number of sulfonamides is 1. The second-order valence-electron chi connectivity index (χ2n) is 7.80. The van der Waals surface area contributed by atoms with E-state index in [-0.39, 0.29) is 23.5 Å². The van der Waals surface area contributed by atoms with Gasteiger partial charge in [0.2, 0.25) is 15.9 Å². The molecular formula is C20H30N2O5S. The van der Waals surface area contributed by atoms with Crippen LogP contribution in [0.1, 0.15) is 46.0 Å². The molecule has 1 aliphatic carbocycles. The molecule has 8 heteroatoms. The van der Waals surface area contributed by atoms with Crippen LogP contribution in [0.5, 0.6) is 5.75 Å². The molecule has 7 nitrogen and oxygen atoms in total. The van der Waals surface area contributed by atoms with Gasteiger partial charge in [-0.1, -0.05) is 6.42 Å². The fourth-order valence-electron chi connectivity index (χ4n) is 3.17. The molecule has 2 aliphatic rings. The fourth-order valence-corrected chi connectivity index (χ4v) is 4.71. The van der Waals surface area contributed by atoms with Crippen LogP contribution in [0.3, 0.4) is 0 Å². The normalized spacial score (nSPS) is 18.2. The predicted octanol–water partition coefficient (Wildman–Crippen LogP) is 3.01. The lowest BCUT2D eigenvalue weighted by molar-refractivity contribution is -0.120. The number of nitrogens with one attached hydrogen (secondary N) is 1. The maximum absolute atomic E-state index is 13.0. The predicted molar refractivity (Wildman–Crippen MR) is 107 cm³/mol. The summed E-state index contributed by atoms with van der Waals surface area (Å²) < 4.78 is 38.6. The molecule has 0 spiro atoms. The van der Waals surface area contributed by atoms with Crippen LogP contribution < -0.4 is 10.1 Å².